The van der Waals surface area contributed by atoms with Crippen LogP contribution < -0.4 is 5.32 Å². The summed E-state index contributed by atoms with van der Waals surface area (Å²) in [4.78, 5) is 23.0. The smallest absolute Gasteiger partial charge is 0.306 e. The maximum atomic E-state index is 12.2. The van der Waals surface area contributed by atoms with Crippen LogP contribution in [0.4, 0.5) is 0 Å². The van der Waals surface area contributed by atoms with Crippen LogP contribution in [0, 0.1) is 19.8 Å². The molecule has 0 radical (unpaired) electrons. The van der Waals surface area contributed by atoms with Gasteiger partial charge in [-0.05, 0) is 66.9 Å². The van der Waals surface area contributed by atoms with Gasteiger partial charge in [0.2, 0.25) is 0 Å². The summed E-state index contributed by atoms with van der Waals surface area (Å²) in [5.41, 5.74) is 3.34. The molecule has 1 fully saturated rings. The summed E-state index contributed by atoms with van der Waals surface area (Å²) in [7, 11) is 0. The first-order valence-electron chi connectivity index (χ1n) is 7.72. The van der Waals surface area contributed by atoms with Crippen molar-refractivity contribution in [1.29, 1.82) is 0 Å². The maximum Gasteiger partial charge on any atom is 0.306 e. The van der Waals surface area contributed by atoms with Gasteiger partial charge in [0.05, 0.1) is 27.5 Å². The number of aliphatic carboxylic acids is 1. The average molecular weight is 392 g/mol. The van der Waals surface area contributed by atoms with Gasteiger partial charge in [-0.2, -0.15) is 5.10 Å². The van der Waals surface area contributed by atoms with Crippen LogP contribution in [0.1, 0.15) is 34.6 Å². The number of aryl methyl sites for hydroxylation is 1. The van der Waals surface area contributed by atoms with E-state index in [1.165, 1.54) is 0 Å². The van der Waals surface area contributed by atoms with E-state index in [4.69, 9.17) is 5.11 Å². The quantitative estimate of drug-likeness (QED) is 0.838. The molecule has 0 atom stereocenters. The van der Waals surface area contributed by atoms with Crippen LogP contribution in [0.25, 0.3) is 5.69 Å². The molecule has 1 heterocycles. The fourth-order valence-corrected chi connectivity index (χ4v) is 3.08. The molecule has 1 aliphatic rings. The number of hydrogen-bond acceptors (Lipinski definition) is 3. The number of carboxylic acid groups (broad SMARTS) is 1. The van der Waals surface area contributed by atoms with Gasteiger partial charge < -0.3 is 10.4 Å². The average Bonchev–Trinajstić information content (AvgIpc) is 2.77. The monoisotopic (exact) mass is 391 g/mol. The molecule has 7 heteroatoms. The van der Waals surface area contributed by atoms with Crippen LogP contribution in [0.15, 0.2) is 28.7 Å². The molecule has 0 unspecified atom stereocenters. The summed E-state index contributed by atoms with van der Waals surface area (Å²) in [5.74, 6) is -1.30. The Morgan fingerprint density at radius 2 is 1.88 bits per heavy atom. The second kappa shape index (κ2) is 6.39. The van der Waals surface area contributed by atoms with E-state index in [0.717, 1.165) is 21.5 Å². The lowest BCUT2D eigenvalue weighted by atomic mass is 9.80. The summed E-state index contributed by atoms with van der Waals surface area (Å²) in [6.07, 6.45) is 0.998. The van der Waals surface area contributed by atoms with Gasteiger partial charge >= 0.3 is 5.97 Å². The molecular formula is C17H18BrN3O3. The highest BCUT2D eigenvalue weighted by Gasteiger charge is 2.35. The second-order valence-corrected chi connectivity index (χ2v) is 6.91. The SMILES string of the molecule is Cc1nn(-c2ccc(C(=O)NC3CC(C(=O)O)C3)cc2)c(C)c1Br. The predicted molar refractivity (Wildman–Crippen MR) is 92.4 cm³/mol. The van der Waals surface area contributed by atoms with Gasteiger partial charge in [0.1, 0.15) is 0 Å². The number of rotatable bonds is 4. The first-order chi connectivity index (χ1) is 11.4. The second-order valence-electron chi connectivity index (χ2n) is 6.12. The van der Waals surface area contributed by atoms with E-state index >= 15 is 0 Å². The number of nitrogens with zero attached hydrogens (tertiary/aromatic N) is 2. The minimum absolute atomic E-state index is 0.0507. The van der Waals surface area contributed by atoms with Crippen LogP contribution in [0.3, 0.4) is 0 Å². The number of nitrogens with one attached hydrogen (secondary N) is 1. The van der Waals surface area contributed by atoms with E-state index < -0.39 is 5.97 Å². The van der Waals surface area contributed by atoms with Crippen molar-refractivity contribution >= 4 is 27.8 Å². The first kappa shape index (κ1) is 16.7. The van der Waals surface area contributed by atoms with Gasteiger partial charge in [-0.1, -0.05) is 0 Å². The summed E-state index contributed by atoms with van der Waals surface area (Å²) in [6, 6.07) is 7.15. The van der Waals surface area contributed by atoms with Crippen molar-refractivity contribution < 1.29 is 14.7 Å². The molecule has 6 nitrogen and oxygen atoms in total. The fourth-order valence-electron chi connectivity index (χ4n) is 2.84. The highest BCUT2D eigenvalue weighted by molar-refractivity contribution is 9.10. The van der Waals surface area contributed by atoms with Gasteiger partial charge in [0, 0.05) is 11.6 Å². The highest BCUT2D eigenvalue weighted by atomic mass is 79.9. The lowest BCUT2D eigenvalue weighted by molar-refractivity contribution is -0.145. The van der Waals surface area contributed by atoms with E-state index in [9.17, 15) is 9.59 Å². The van der Waals surface area contributed by atoms with Crippen LogP contribution >= 0.6 is 15.9 Å². The van der Waals surface area contributed by atoms with Gasteiger partial charge in [0.15, 0.2) is 0 Å². The minimum atomic E-state index is -0.791. The molecule has 1 aromatic heterocycles. The Kier molecular flexibility index (Phi) is 4.45. The van der Waals surface area contributed by atoms with Crippen molar-refractivity contribution in [3.63, 3.8) is 0 Å². The number of benzene rings is 1. The van der Waals surface area contributed by atoms with Crippen LogP contribution in [-0.4, -0.2) is 32.8 Å². The molecule has 1 saturated carbocycles. The summed E-state index contributed by atoms with van der Waals surface area (Å²) in [6.45, 7) is 3.90. The zero-order chi connectivity index (χ0) is 17.4. The van der Waals surface area contributed by atoms with Gasteiger partial charge in [0.25, 0.3) is 5.91 Å². The topological polar surface area (TPSA) is 84.2 Å². The molecule has 1 aliphatic carbocycles. The van der Waals surface area contributed by atoms with Crippen molar-refractivity contribution in [2.75, 3.05) is 0 Å². The Morgan fingerprint density at radius 1 is 1.25 bits per heavy atom. The Hall–Kier alpha value is -2.15. The van der Waals surface area contributed by atoms with Gasteiger partial charge in [-0.3, -0.25) is 9.59 Å². The molecule has 0 aliphatic heterocycles. The van der Waals surface area contributed by atoms with E-state index in [0.29, 0.717) is 18.4 Å². The highest BCUT2D eigenvalue weighted by Crippen LogP contribution is 2.28. The molecule has 0 bridgehead atoms. The lowest BCUT2D eigenvalue weighted by Gasteiger charge is -2.32. The number of carbonyl (C=O) groups is 2. The number of aromatic nitrogens is 2. The molecule has 3 rings (SSSR count). The van der Waals surface area contributed by atoms with Crippen LogP contribution in [-0.2, 0) is 4.79 Å². The number of hydrogen-bond donors (Lipinski definition) is 2. The van der Waals surface area contributed by atoms with E-state index in [1.807, 2.05) is 30.7 Å². The zero-order valence-corrected chi connectivity index (χ0v) is 15.0. The predicted octanol–water partition coefficient (Wildman–Crippen LogP) is 2.84. The molecule has 126 valence electrons. The number of carbonyl (C=O) groups excluding carboxylic acids is 1. The molecule has 24 heavy (non-hydrogen) atoms. The van der Waals surface area contributed by atoms with Crippen molar-refractivity contribution in [3.05, 3.63) is 45.7 Å². The van der Waals surface area contributed by atoms with E-state index in [-0.39, 0.29) is 17.9 Å². The molecule has 0 saturated heterocycles. The summed E-state index contributed by atoms with van der Waals surface area (Å²) < 4.78 is 2.80. The molecule has 0 spiro atoms. The van der Waals surface area contributed by atoms with Crippen LogP contribution in [0.2, 0.25) is 0 Å². The fraction of sp³-hybridized carbons (Fsp3) is 0.353. The lowest BCUT2D eigenvalue weighted by Crippen LogP contribution is -2.46. The third kappa shape index (κ3) is 3.08. The Bertz CT molecular complexity index is 792. The maximum absolute atomic E-state index is 12.2. The van der Waals surface area contributed by atoms with Crippen molar-refractivity contribution in [2.24, 2.45) is 5.92 Å². The Labute approximate surface area is 148 Å². The number of amides is 1. The Balaban J connectivity index is 1.67. The third-order valence-electron chi connectivity index (χ3n) is 4.40. The van der Waals surface area contributed by atoms with E-state index in [1.54, 1.807) is 12.1 Å². The number of halogens is 1. The van der Waals surface area contributed by atoms with Crippen molar-refractivity contribution in [3.8, 4) is 5.69 Å². The standard InChI is InChI=1S/C17H18BrN3O3/c1-9-15(18)10(2)21(20-9)14-5-3-11(4-6-14)16(22)19-13-7-12(8-13)17(23)24/h3-6,12-13H,7-8H2,1-2H3,(H,19,22)(H,23,24). The minimum Gasteiger partial charge on any atom is -0.481 e. The largest absolute Gasteiger partial charge is 0.481 e. The summed E-state index contributed by atoms with van der Waals surface area (Å²) in [5, 5.41) is 16.2. The van der Waals surface area contributed by atoms with Crippen molar-refractivity contribution in [1.82, 2.24) is 15.1 Å². The molecule has 1 amide bonds. The van der Waals surface area contributed by atoms with E-state index in [2.05, 4.69) is 26.3 Å². The normalized spacial score (nSPS) is 19.6. The third-order valence-corrected chi connectivity index (χ3v) is 5.55. The molecular weight excluding hydrogens is 374 g/mol. The van der Waals surface area contributed by atoms with Crippen molar-refractivity contribution in [2.45, 2.75) is 32.7 Å². The Morgan fingerprint density at radius 3 is 2.38 bits per heavy atom. The van der Waals surface area contributed by atoms with Crippen LogP contribution in [0.5, 0.6) is 0 Å². The van der Waals surface area contributed by atoms with Gasteiger partial charge in [-0.15, -0.1) is 0 Å². The van der Waals surface area contributed by atoms with Gasteiger partial charge in [-0.25, -0.2) is 4.68 Å². The zero-order valence-electron chi connectivity index (χ0n) is 13.4. The first-order valence-corrected chi connectivity index (χ1v) is 8.52. The molecule has 2 aromatic rings. The molecule has 2 N–H and O–H groups in total. The number of carboxylic acids is 1. The molecule has 1 aromatic carbocycles. The summed E-state index contributed by atoms with van der Waals surface area (Å²) >= 11 is 3.50.